The number of para-hydroxylation sites is 1. The molecule has 0 radical (unpaired) electrons. The lowest BCUT2D eigenvalue weighted by molar-refractivity contribution is -0.137. The molecule has 100 valence electrons. The highest BCUT2D eigenvalue weighted by Gasteiger charge is 2.30. The van der Waals surface area contributed by atoms with Gasteiger partial charge in [0.15, 0.2) is 0 Å². The summed E-state index contributed by atoms with van der Waals surface area (Å²) in [6, 6.07) is 5.94. The summed E-state index contributed by atoms with van der Waals surface area (Å²) in [5.41, 5.74) is 0.217. The molecule has 6 heteroatoms. The highest BCUT2D eigenvalue weighted by atomic mass is 19.1. The van der Waals surface area contributed by atoms with Crippen LogP contribution in [0.25, 0.3) is 0 Å². The fourth-order valence-corrected chi connectivity index (χ4v) is 1.70. The van der Waals surface area contributed by atoms with Gasteiger partial charge in [0.05, 0.1) is 18.8 Å². The Labute approximate surface area is 109 Å². The zero-order chi connectivity index (χ0) is 13.8. The van der Waals surface area contributed by atoms with Crippen LogP contribution in [-0.4, -0.2) is 37.0 Å². The number of methoxy groups -OCH3 is 1. The van der Waals surface area contributed by atoms with Crippen molar-refractivity contribution in [3.8, 4) is 0 Å². The normalized spacial score (nSPS) is 14.8. The number of amides is 2. The van der Waals surface area contributed by atoms with E-state index in [0.29, 0.717) is 0 Å². The van der Waals surface area contributed by atoms with E-state index in [1.807, 2.05) is 0 Å². The minimum atomic E-state index is -0.487. The van der Waals surface area contributed by atoms with E-state index in [4.69, 9.17) is 4.74 Å². The molecule has 19 heavy (non-hydrogen) atoms. The summed E-state index contributed by atoms with van der Waals surface area (Å²) in [5.74, 6) is -1.40. The fraction of sp³-hybridized carbons (Fsp3) is 0.231. The summed E-state index contributed by atoms with van der Waals surface area (Å²) in [6.45, 7) is 0.436. The van der Waals surface area contributed by atoms with E-state index in [1.165, 1.54) is 19.2 Å². The molecule has 1 N–H and O–H groups in total. The summed E-state index contributed by atoms with van der Waals surface area (Å²) >= 11 is 0. The number of ether oxygens (including phenoxy) is 1. The average molecular weight is 264 g/mol. The highest BCUT2D eigenvalue weighted by Crippen LogP contribution is 2.19. The summed E-state index contributed by atoms with van der Waals surface area (Å²) < 4.78 is 18.3. The van der Waals surface area contributed by atoms with Gasteiger partial charge in [0.2, 0.25) is 0 Å². The topological polar surface area (TPSA) is 58.6 Å². The van der Waals surface area contributed by atoms with Crippen LogP contribution in [0.3, 0.4) is 0 Å². The zero-order valence-corrected chi connectivity index (χ0v) is 10.4. The van der Waals surface area contributed by atoms with E-state index in [2.05, 4.69) is 5.32 Å². The quantitative estimate of drug-likeness (QED) is 0.810. The third-order valence-electron chi connectivity index (χ3n) is 2.67. The van der Waals surface area contributed by atoms with E-state index in [1.54, 1.807) is 12.1 Å². The Hall–Kier alpha value is -2.21. The first kappa shape index (κ1) is 13.2. The van der Waals surface area contributed by atoms with Crippen LogP contribution in [0.2, 0.25) is 0 Å². The van der Waals surface area contributed by atoms with Crippen LogP contribution >= 0.6 is 0 Å². The van der Waals surface area contributed by atoms with Crippen molar-refractivity contribution in [2.45, 2.75) is 0 Å². The first-order valence-corrected chi connectivity index (χ1v) is 5.71. The van der Waals surface area contributed by atoms with E-state index in [0.717, 1.165) is 11.0 Å². The molecule has 0 unspecified atom stereocenters. The molecular weight excluding hydrogens is 251 g/mol. The zero-order valence-electron chi connectivity index (χ0n) is 10.4. The van der Waals surface area contributed by atoms with Gasteiger partial charge in [0.1, 0.15) is 11.5 Å². The Morgan fingerprint density at radius 2 is 2.05 bits per heavy atom. The van der Waals surface area contributed by atoms with Gasteiger partial charge < -0.3 is 10.1 Å². The molecule has 0 bridgehead atoms. The summed E-state index contributed by atoms with van der Waals surface area (Å²) in [4.78, 5) is 24.6. The van der Waals surface area contributed by atoms with Gasteiger partial charge in [-0.15, -0.1) is 0 Å². The van der Waals surface area contributed by atoms with Crippen LogP contribution in [0.15, 0.2) is 36.0 Å². The molecule has 1 aromatic rings. The Balaban J connectivity index is 2.10. The molecule has 2 amide bonds. The third kappa shape index (κ3) is 2.79. The van der Waals surface area contributed by atoms with E-state index in [-0.39, 0.29) is 24.5 Å². The van der Waals surface area contributed by atoms with Gasteiger partial charge in [-0.1, -0.05) is 12.1 Å². The van der Waals surface area contributed by atoms with Gasteiger partial charge in [-0.2, -0.15) is 0 Å². The van der Waals surface area contributed by atoms with Crippen molar-refractivity contribution in [1.82, 2.24) is 4.90 Å². The first-order chi connectivity index (χ1) is 9.13. The number of hydrogen-bond acceptors (Lipinski definition) is 4. The molecule has 0 atom stereocenters. The summed E-state index contributed by atoms with van der Waals surface area (Å²) in [5, 5.41) is 2.63. The molecule has 1 aliphatic heterocycles. The Kier molecular flexibility index (Phi) is 3.91. The van der Waals surface area contributed by atoms with Crippen molar-refractivity contribution in [3.05, 3.63) is 41.9 Å². The lowest BCUT2D eigenvalue weighted by Crippen LogP contribution is -2.34. The number of carbonyl (C=O) groups is 2. The Bertz CT molecular complexity index is 542. The number of imide groups is 1. The van der Waals surface area contributed by atoms with Crippen molar-refractivity contribution in [2.75, 3.05) is 25.6 Å². The number of halogens is 1. The number of carbonyl (C=O) groups excluding carboxylic acids is 2. The Morgan fingerprint density at radius 1 is 1.32 bits per heavy atom. The number of rotatable bonds is 5. The van der Waals surface area contributed by atoms with E-state index in [9.17, 15) is 14.0 Å². The largest absolute Gasteiger partial charge is 0.383 e. The van der Waals surface area contributed by atoms with Crippen LogP contribution in [0.5, 0.6) is 0 Å². The van der Waals surface area contributed by atoms with Crippen molar-refractivity contribution in [2.24, 2.45) is 0 Å². The van der Waals surface area contributed by atoms with Gasteiger partial charge in [-0.25, -0.2) is 4.39 Å². The number of nitrogens with zero attached hydrogens (tertiary/aromatic N) is 1. The molecule has 0 aliphatic carbocycles. The minimum absolute atomic E-state index is 0.0613. The molecular formula is C13H13FN2O3. The highest BCUT2D eigenvalue weighted by molar-refractivity contribution is 6.17. The number of hydrogen-bond donors (Lipinski definition) is 1. The monoisotopic (exact) mass is 264 g/mol. The number of anilines is 1. The van der Waals surface area contributed by atoms with Gasteiger partial charge in [0.25, 0.3) is 11.8 Å². The predicted molar refractivity (Wildman–Crippen MR) is 66.7 cm³/mol. The molecule has 2 rings (SSSR count). The summed E-state index contributed by atoms with van der Waals surface area (Å²) in [6.07, 6.45) is 1.16. The lowest BCUT2D eigenvalue weighted by Gasteiger charge is -2.14. The fourth-order valence-electron chi connectivity index (χ4n) is 1.70. The van der Waals surface area contributed by atoms with E-state index < -0.39 is 17.6 Å². The molecule has 0 aromatic heterocycles. The molecule has 5 nitrogen and oxygen atoms in total. The SMILES string of the molecule is COCCN1C(=O)C=C(Nc2ccccc2F)C1=O. The number of nitrogens with one attached hydrogen (secondary N) is 1. The first-order valence-electron chi connectivity index (χ1n) is 5.71. The van der Waals surface area contributed by atoms with Crippen molar-refractivity contribution in [3.63, 3.8) is 0 Å². The van der Waals surface area contributed by atoms with Gasteiger partial charge in [0, 0.05) is 13.2 Å². The Morgan fingerprint density at radius 3 is 2.74 bits per heavy atom. The van der Waals surface area contributed by atoms with Crippen LogP contribution < -0.4 is 5.32 Å². The minimum Gasteiger partial charge on any atom is -0.383 e. The molecule has 0 saturated carbocycles. The standard InChI is InChI=1S/C13H13FN2O3/c1-19-7-6-16-12(17)8-11(13(16)18)15-10-5-3-2-4-9(10)14/h2-5,8,15H,6-7H2,1H3. The molecule has 0 spiro atoms. The maximum Gasteiger partial charge on any atom is 0.277 e. The third-order valence-corrected chi connectivity index (χ3v) is 2.67. The van der Waals surface area contributed by atoms with Gasteiger partial charge >= 0.3 is 0 Å². The van der Waals surface area contributed by atoms with Gasteiger partial charge in [-0.3, -0.25) is 14.5 Å². The van der Waals surface area contributed by atoms with Crippen molar-refractivity contribution < 1.29 is 18.7 Å². The van der Waals surface area contributed by atoms with Crippen molar-refractivity contribution in [1.29, 1.82) is 0 Å². The molecule has 0 saturated heterocycles. The van der Waals surface area contributed by atoms with Crippen LogP contribution in [-0.2, 0) is 14.3 Å². The molecule has 1 aromatic carbocycles. The maximum atomic E-state index is 13.4. The maximum absolute atomic E-state index is 13.4. The van der Waals surface area contributed by atoms with Crippen molar-refractivity contribution >= 4 is 17.5 Å². The average Bonchev–Trinajstić information content (AvgIpc) is 2.65. The van der Waals surface area contributed by atoms with Crippen LogP contribution in [0.1, 0.15) is 0 Å². The summed E-state index contributed by atoms with van der Waals surface area (Å²) in [7, 11) is 1.48. The predicted octanol–water partition coefficient (Wildman–Crippen LogP) is 1.14. The number of benzene rings is 1. The van der Waals surface area contributed by atoms with E-state index >= 15 is 0 Å². The van der Waals surface area contributed by atoms with Crippen LogP contribution in [0, 0.1) is 5.82 Å². The molecule has 1 heterocycles. The smallest absolute Gasteiger partial charge is 0.277 e. The van der Waals surface area contributed by atoms with Crippen LogP contribution in [0.4, 0.5) is 10.1 Å². The second kappa shape index (κ2) is 5.62. The lowest BCUT2D eigenvalue weighted by atomic mass is 10.3. The molecule has 1 aliphatic rings. The second-order valence-electron chi connectivity index (χ2n) is 3.95. The second-order valence-corrected chi connectivity index (χ2v) is 3.95. The molecule has 0 fully saturated rings. The van der Waals surface area contributed by atoms with Gasteiger partial charge in [-0.05, 0) is 12.1 Å².